The normalized spacial score (nSPS) is 23.1. The summed E-state index contributed by atoms with van der Waals surface area (Å²) in [5.41, 5.74) is 3.24. The van der Waals surface area contributed by atoms with Crippen molar-refractivity contribution in [3.63, 3.8) is 0 Å². The molecule has 2 aromatic rings. The van der Waals surface area contributed by atoms with Gasteiger partial charge in [0.15, 0.2) is 0 Å². The monoisotopic (exact) mass is 499 g/mol. The summed E-state index contributed by atoms with van der Waals surface area (Å²) in [5, 5.41) is 1.65. The van der Waals surface area contributed by atoms with Gasteiger partial charge in [0.1, 0.15) is 48.5 Å². The highest BCUT2D eigenvalue weighted by atomic mass is 16.5. The molecule has 1 N–H and O–H groups in total. The highest BCUT2D eigenvalue weighted by Gasteiger charge is 2.51. The first kappa shape index (κ1) is 25.1. The first-order chi connectivity index (χ1) is 17.7. The summed E-state index contributed by atoms with van der Waals surface area (Å²) in [6, 6.07) is 12.5. The topological polar surface area (TPSA) is 105 Å². The van der Waals surface area contributed by atoms with Crippen LogP contribution in [0.2, 0.25) is 11.0 Å². The van der Waals surface area contributed by atoms with E-state index in [1.54, 1.807) is 37.6 Å². The predicted octanol–water partition coefficient (Wildman–Crippen LogP) is -1.59. The smallest absolute Gasteiger partial charge is 0.255 e. The number of hydrogen-bond acceptors (Lipinski definition) is 6. The molecule has 12 heteroatoms. The Morgan fingerprint density at radius 1 is 1.05 bits per heavy atom. The van der Waals surface area contributed by atoms with Gasteiger partial charge in [-0.05, 0) is 34.3 Å². The van der Waals surface area contributed by atoms with Crippen molar-refractivity contribution >= 4 is 47.2 Å². The maximum absolute atomic E-state index is 13.3. The van der Waals surface area contributed by atoms with Gasteiger partial charge < -0.3 is 19.3 Å². The van der Waals surface area contributed by atoms with Gasteiger partial charge >= 0.3 is 0 Å². The molecule has 2 atom stereocenters. The minimum absolute atomic E-state index is 0.00421. The van der Waals surface area contributed by atoms with E-state index in [4.69, 9.17) is 9.47 Å². The number of fused-ring (bicyclic) bond motifs is 1. The molecule has 5 rings (SSSR count). The molecule has 188 valence electrons. The lowest BCUT2D eigenvalue weighted by molar-refractivity contribution is -0.143. The average molecular weight is 499 g/mol. The van der Waals surface area contributed by atoms with Gasteiger partial charge in [-0.2, -0.15) is 0 Å². The molecule has 0 aromatic heterocycles. The molecule has 4 amide bonds. The van der Waals surface area contributed by atoms with Crippen LogP contribution in [0.4, 0.5) is 0 Å². The minimum atomic E-state index is -0.784. The fourth-order valence-corrected chi connectivity index (χ4v) is 5.11. The summed E-state index contributed by atoms with van der Waals surface area (Å²) in [7, 11) is 5.42. The maximum atomic E-state index is 13.3. The third-order valence-corrected chi connectivity index (χ3v) is 7.87. The van der Waals surface area contributed by atoms with Crippen molar-refractivity contribution in [1.29, 1.82) is 0 Å². The van der Waals surface area contributed by atoms with Crippen LogP contribution in [0.25, 0.3) is 0 Å². The molecule has 3 heterocycles. The molecule has 0 saturated carbocycles. The second-order valence-electron chi connectivity index (χ2n) is 10.5. The van der Waals surface area contributed by atoms with E-state index in [0.29, 0.717) is 37.6 Å². The summed E-state index contributed by atoms with van der Waals surface area (Å²) in [6.45, 7) is 2.37. The van der Waals surface area contributed by atoms with Crippen molar-refractivity contribution in [3.05, 3.63) is 64.7 Å². The number of amides is 4. The van der Waals surface area contributed by atoms with Crippen LogP contribution in [0.3, 0.4) is 0 Å². The highest BCUT2D eigenvalue weighted by Crippen LogP contribution is 2.42. The van der Waals surface area contributed by atoms with E-state index in [0.717, 1.165) is 16.7 Å². The summed E-state index contributed by atoms with van der Waals surface area (Å²) in [4.78, 5) is 53.7. The van der Waals surface area contributed by atoms with Crippen LogP contribution < -0.4 is 10.1 Å². The Bertz CT molecular complexity index is 1270. The molecule has 0 radical (unpaired) electrons. The number of nitrogens with zero attached hydrogens (tertiary/aromatic N) is 2. The summed E-state index contributed by atoms with van der Waals surface area (Å²) in [6.07, 6.45) is 0. The average Bonchev–Trinajstić information content (AvgIpc) is 3.21. The fraction of sp³-hybridized carbons (Fsp3) is 0.360. The first-order valence-electron chi connectivity index (χ1n) is 12.5. The van der Waals surface area contributed by atoms with Crippen LogP contribution in [0.15, 0.2) is 42.5 Å². The molecule has 2 saturated heterocycles. The van der Waals surface area contributed by atoms with Gasteiger partial charge in [0.2, 0.25) is 17.7 Å². The molecule has 37 heavy (non-hydrogen) atoms. The number of carbonyl (C=O) groups is 4. The van der Waals surface area contributed by atoms with E-state index < -0.39 is 17.2 Å². The SMILES string of the molecule is BC1C(N2Cc3c(OCc4ccc(CN5CCOCC5=O)cc4)cccc3C2=O)C(=O)NC(=O)C1(B)B. The predicted molar refractivity (Wildman–Crippen MR) is 142 cm³/mol. The van der Waals surface area contributed by atoms with Gasteiger partial charge in [-0.25, -0.2) is 0 Å². The van der Waals surface area contributed by atoms with E-state index in [-0.39, 0.29) is 36.7 Å². The van der Waals surface area contributed by atoms with Crippen molar-refractivity contribution < 1.29 is 28.7 Å². The zero-order valence-corrected chi connectivity index (χ0v) is 21.3. The van der Waals surface area contributed by atoms with E-state index in [1.807, 2.05) is 38.2 Å². The quantitative estimate of drug-likeness (QED) is 0.380. The second kappa shape index (κ2) is 9.74. The van der Waals surface area contributed by atoms with Gasteiger partial charge in [-0.1, -0.05) is 30.3 Å². The van der Waals surface area contributed by atoms with Gasteiger partial charge in [-0.15, -0.1) is 0 Å². The number of ether oxygens (including phenoxy) is 2. The number of rotatable bonds is 6. The largest absolute Gasteiger partial charge is 0.489 e. The van der Waals surface area contributed by atoms with Gasteiger partial charge in [0.25, 0.3) is 5.91 Å². The molecule has 3 aliphatic heterocycles. The highest BCUT2D eigenvalue weighted by molar-refractivity contribution is 6.56. The standard InChI is InChI=1S/C25H28B3N3O6/c26-21-20(22(33)29-24(35)25(21,27)28)31-11-17-16(23(31)34)2-1-3-18(17)37-12-15-6-4-14(5-7-15)10-30-8-9-36-13-19(30)32/h1-7,20-21H,8-13,26-28H2,(H,29,33,35). The van der Waals surface area contributed by atoms with E-state index in [1.165, 1.54) is 0 Å². The number of benzene rings is 2. The minimum Gasteiger partial charge on any atom is -0.489 e. The second-order valence-corrected chi connectivity index (χ2v) is 10.5. The third-order valence-electron chi connectivity index (χ3n) is 7.87. The fourth-order valence-electron chi connectivity index (χ4n) is 5.11. The zero-order valence-electron chi connectivity index (χ0n) is 21.3. The Labute approximate surface area is 218 Å². The first-order valence-corrected chi connectivity index (χ1v) is 12.5. The van der Waals surface area contributed by atoms with Gasteiger partial charge in [0.05, 0.1) is 13.2 Å². The lowest BCUT2D eigenvalue weighted by Gasteiger charge is -2.43. The van der Waals surface area contributed by atoms with Crippen LogP contribution in [0, 0.1) is 0 Å². The number of piperidine rings is 1. The lowest BCUT2D eigenvalue weighted by atomic mass is 9.40. The Hall–Kier alpha value is -3.53. The van der Waals surface area contributed by atoms with Crippen LogP contribution in [-0.2, 0) is 38.8 Å². The van der Waals surface area contributed by atoms with E-state index in [2.05, 4.69) is 5.32 Å². The maximum Gasteiger partial charge on any atom is 0.255 e. The van der Waals surface area contributed by atoms with E-state index in [9.17, 15) is 19.2 Å². The number of imide groups is 1. The van der Waals surface area contributed by atoms with Crippen LogP contribution in [-0.4, -0.2) is 82.8 Å². The third kappa shape index (κ3) is 4.66. The molecular weight excluding hydrogens is 471 g/mol. The lowest BCUT2D eigenvalue weighted by Crippen LogP contribution is -2.61. The molecule has 3 aliphatic rings. The van der Waals surface area contributed by atoms with Crippen molar-refractivity contribution in [2.75, 3.05) is 19.8 Å². The number of carbonyl (C=O) groups excluding carboxylic acids is 4. The molecule has 0 bridgehead atoms. The molecule has 2 unspecified atom stereocenters. The van der Waals surface area contributed by atoms with Crippen molar-refractivity contribution in [1.82, 2.24) is 15.1 Å². The summed E-state index contributed by atoms with van der Waals surface area (Å²) >= 11 is 0. The molecule has 2 aromatic carbocycles. The molecule has 0 spiro atoms. The number of hydrogen-bond donors (Lipinski definition) is 1. The Balaban J connectivity index is 1.27. The number of nitrogens with one attached hydrogen (secondary N) is 1. The number of morpholine rings is 1. The summed E-state index contributed by atoms with van der Waals surface area (Å²) in [5.74, 6) is -0.760. The zero-order chi connectivity index (χ0) is 26.3. The Morgan fingerprint density at radius 3 is 2.51 bits per heavy atom. The van der Waals surface area contributed by atoms with Crippen molar-refractivity contribution in [2.45, 2.75) is 36.8 Å². The summed E-state index contributed by atoms with van der Waals surface area (Å²) < 4.78 is 11.3. The molecular formula is C25H28B3N3O6. The Morgan fingerprint density at radius 2 is 1.78 bits per heavy atom. The molecule has 0 aliphatic carbocycles. The van der Waals surface area contributed by atoms with Crippen LogP contribution >= 0.6 is 0 Å². The van der Waals surface area contributed by atoms with Crippen LogP contribution in [0.5, 0.6) is 5.75 Å². The van der Waals surface area contributed by atoms with Crippen molar-refractivity contribution in [2.24, 2.45) is 0 Å². The van der Waals surface area contributed by atoms with Gasteiger partial charge in [0, 0.05) is 24.2 Å². The van der Waals surface area contributed by atoms with E-state index >= 15 is 0 Å². The Kier molecular flexibility index (Phi) is 6.62. The van der Waals surface area contributed by atoms with Crippen LogP contribution in [0.1, 0.15) is 27.0 Å². The molecule has 2 fully saturated rings. The molecule has 9 nitrogen and oxygen atoms in total. The van der Waals surface area contributed by atoms with Crippen molar-refractivity contribution in [3.8, 4) is 5.75 Å². The van der Waals surface area contributed by atoms with Gasteiger partial charge in [-0.3, -0.25) is 24.5 Å².